The maximum absolute atomic E-state index is 12.4. The highest BCUT2D eigenvalue weighted by Crippen LogP contribution is 2.16. The van der Waals surface area contributed by atoms with Crippen molar-refractivity contribution in [2.75, 3.05) is 13.2 Å². The number of carbonyl (C=O) groups excluding carboxylic acids is 1. The summed E-state index contributed by atoms with van der Waals surface area (Å²) in [6, 6.07) is 0.0444. The Kier molecular flexibility index (Phi) is 5.22. The molecule has 21 heavy (non-hydrogen) atoms. The van der Waals surface area contributed by atoms with Gasteiger partial charge in [0, 0.05) is 25.1 Å². The number of aromatic nitrogens is 1. The highest BCUT2D eigenvalue weighted by molar-refractivity contribution is 5.74. The molecule has 0 unspecified atom stereocenters. The van der Waals surface area contributed by atoms with Crippen molar-refractivity contribution in [3.63, 3.8) is 0 Å². The van der Waals surface area contributed by atoms with Crippen molar-refractivity contribution >= 4 is 6.03 Å². The fourth-order valence-corrected chi connectivity index (χ4v) is 2.59. The maximum Gasteiger partial charge on any atom is 0.318 e. The lowest BCUT2D eigenvalue weighted by Crippen LogP contribution is -2.53. The first-order valence-corrected chi connectivity index (χ1v) is 7.69. The van der Waals surface area contributed by atoms with Crippen LogP contribution in [0.2, 0.25) is 0 Å². The summed E-state index contributed by atoms with van der Waals surface area (Å²) in [5, 5.41) is 7.05. The lowest BCUT2D eigenvalue weighted by molar-refractivity contribution is -0.0318. The number of ether oxygens (including phenoxy) is 1. The summed E-state index contributed by atoms with van der Waals surface area (Å²) in [7, 11) is 0. The molecule has 2 amide bonds. The molecule has 1 N–H and O–H groups in total. The Morgan fingerprint density at radius 3 is 2.81 bits per heavy atom. The monoisotopic (exact) mass is 295 g/mol. The van der Waals surface area contributed by atoms with Crippen molar-refractivity contribution in [3.05, 3.63) is 17.0 Å². The van der Waals surface area contributed by atoms with Gasteiger partial charge in [0.1, 0.15) is 5.76 Å². The summed E-state index contributed by atoms with van der Waals surface area (Å²) in [5.74, 6) is 0.857. The molecule has 1 aromatic rings. The van der Waals surface area contributed by atoms with Crippen LogP contribution in [0.25, 0.3) is 0 Å². The minimum atomic E-state index is -0.0528. The number of carbonyl (C=O) groups is 1. The van der Waals surface area contributed by atoms with E-state index in [9.17, 15) is 4.79 Å². The normalized spacial score (nSPS) is 22.4. The van der Waals surface area contributed by atoms with Crippen LogP contribution in [0.15, 0.2) is 4.52 Å². The minimum absolute atomic E-state index is 0.0528. The molecule has 0 radical (unpaired) electrons. The molecule has 0 saturated carbocycles. The minimum Gasteiger partial charge on any atom is -0.375 e. The Hall–Kier alpha value is -1.56. The van der Waals surface area contributed by atoms with Gasteiger partial charge in [-0.25, -0.2) is 4.79 Å². The first kappa shape index (κ1) is 15.8. The lowest BCUT2D eigenvalue weighted by atomic mass is 10.1. The molecule has 2 atom stereocenters. The summed E-state index contributed by atoms with van der Waals surface area (Å²) in [4.78, 5) is 14.2. The van der Waals surface area contributed by atoms with Crippen LogP contribution in [0.4, 0.5) is 4.79 Å². The van der Waals surface area contributed by atoms with Gasteiger partial charge in [0.2, 0.25) is 0 Å². The number of nitrogens with one attached hydrogen (secondary N) is 1. The molecule has 1 fully saturated rings. The zero-order valence-electron chi connectivity index (χ0n) is 13.3. The molecule has 0 spiro atoms. The number of aryl methyl sites for hydroxylation is 2. The number of morpholine rings is 1. The maximum atomic E-state index is 12.4. The van der Waals surface area contributed by atoms with Gasteiger partial charge in [-0.15, -0.1) is 0 Å². The number of rotatable bonds is 4. The van der Waals surface area contributed by atoms with Crippen LogP contribution in [0.3, 0.4) is 0 Å². The first-order chi connectivity index (χ1) is 10.1. The summed E-state index contributed by atoms with van der Waals surface area (Å²) in [6.45, 7) is 9.72. The lowest BCUT2D eigenvalue weighted by Gasteiger charge is -2.36. The van der Waals surface area contributed by atoms with Gasteiger partial charge in [-0.2, -0.15) is 0 Å². The van der Waals surface area contributed by atoms with E-state index in [4.69, 9.17) is 9.26 Å². The number of hydrogen-bond donors (Lipinski definition) is 1. The molecule has 1 aliphatic rings. The molecular weight excluding hydrogens is 270 g/mol. The molecule has 0 aromatic carbocycles. The molecule has 6 nitrogen and oxygen atoms in total. The number of amides is 2. The van der Waals surface area contributed by atoms with Crippen LogP contribution in [0, 0.1) is 0 Å². The van der Waals surface area contributed by atoms with E-state index in [0.717, 1.165) is 29.9 Å². The first-order valence-electron chi connectivity index (χ1n) is 7.69. The van der Waals surface area contributed by atoms with Crippen molar-refractivity contribution in [1.82, 2.24) is 15.4 Å². The Morgan fingerprint density at radius 2 is 2.14 bits per heavy atom. The van der Waals surface area contributed by atoms with Crippen LogP contribution in [-0.2, 0) is 24.1 Å². The fourth-order valence-electron chi connectivity index (χ4n) is 2.59. The third-order valence-corrected chi connectivity index (χ3v) is 3.89. The molecule has 1 aliphatic heterocycles. The predicted octanol–water partition coefficient (Wildman–Crippen LogP) is 2.12. The molecule has 6 heteroatoms. The molecular formula is C15H25N3O3. The van der Waals surface area contributed by atoms with Crippen LogP contribution >= 0.6 is 0 Å². The Morgan fingerprint density at radius 1 is 1.38 bits per heavy atom. The molecule has 2 heterocycles. The van der Waals surface area contributed by atoms with E-state index in [2.05, 4.69) is 10.5 Å². The molecule has 118 valence electrons. The smallest absolute Gasteiger partial charge is 0.318 e. The summed E-state index contributed by atoms with van der Waals surface area (Å²) >= 11 is 0. The van der Waals surface area contributed by atoms with E-state index < -0.39 is 0 Å². The van der Waals surface area contributed by atoms with E-state index in [0.29, 0.717) is 19.7 Å². The molecule has 1 saturated heterocycles. The van der Waals surface area contributed by atoms with Gasteiger partial charge < -0.3 is 19.5 Å². The Bertz CT molecular complexity index is 465. The fraction of sp³-hybridized carbons (Fsp3) is 0.733. The van der Waals surface area contributed by atoms with E-state index in [1.54, 1.807) is 0 Å². The van der Waals surface area contributed by atoms with E-state index in [1.807, 2.05) is 32.6 Å². The average molecular weight is 295 g/mol. The van der Waals surface area contributed by atoms with Crippen LogP contribution in [-0.4, -0.2) is 41.4 Å². The van der Waals surface area contributed by atoms with Crippen LogP contribution in [0.5, 0.6) is 0 Å². The number of hydrogen-bond acceptors (Lipinski definition) is 4. The van der Waals surface area contributed by atoms with Gasteiger partial charge in [-0.1, -0.05) is 19.0 Å². The van der Waals surface area contributed by atoms with Gasteiger partial charge in [-0.3, -0.25) is 0 Å². The van der Waals surface area contributed by atoms with E-state index in [-0.39, 0.29) is 18.2 Å². The van der Waals surface area contributed by atoms with Crippen molar-refractivity contribution < 1.29 is 14.1 Å². The summed E-state index contributed by atoms with van der Waals surface area (Å²) in [6.07, 6.45) is 1.67. The largest absolute Gasteiger partial charge is 0.375 e. The Balaban J connectivity index is 1.99. The van der Waals surface area contributed by atoms with Gasteiger partial charge in [-0.05, 0) is 20.3 Å². The molecule has 0 bridgehead atoms. The van der Waals surface area contributed by atoms with E-state index in [1.165, 1.54) is 0 Å². The molecule has 0 aliphatic carbocycles. The third kappa shape index (κ3) is 3.56. The van der Waals surface area contributed by atoms with Gasteiger partial charge in [0.05, 0.1) is 24.4 Å². The third-order valence-electron chi connectivity index (χ3n) is 3.89. The summed E-state index contributed by atoms with van der Waals surface area (Å²) in [5.41, 5.74) is 1.94. The number of urea groups is 1. The van der Waals surface area contributed by atoms with Crippen molar-refractivity contribution in [2.45, 2.75) is 59.2 Å². The SMILES string of the molecule is CCc1noc(CC)c1CNC(=O)N1C[C@@H](C)OC[C@@H]1C. The van der Waals surface area contributed by atoms with Crippen molar-refractivity contribution in [3.8, 4) is 0 Å². The van der Waals surface area contributed by atoms with Gasteiger partial charge in [0.15, 0.2) is 0 Å². The van der Waals surface area contributed by atoms with Crippen LogP contribution in [0.1, 0.15) is 44.7 Å². The van der Waals surface area contributed by atoms with Crippen molar-refractivity contribution in [1.29, 1.82) is 0 Å². The Labute approximate surface area is 125 Å². The zero-order valence-corrected chi connectivity index (χ0v) is 13.3. The molecule has 1 aromatic heterocycles. The highest BCUT2D eigenvalue weighted by atomic mass is 16.5. The number of nitrogens with zero attached hydrogens (tertiary/aromatic N) is 2. The average Bonchev–Trinajstić information content (AvgIpc) is 2.89. The van der Waals surface area contributed by atoms with Gasteiger partial charge >= 0.3 is 6.03 Å². The quantitative estimate of drug-likeness (QED) is 0.924. The topological polar surface area (TPSA) is 67.6 Å². The van der Waals surface area contributed by atoms with Gasteiger partial charge in [0.25, 0.3) is 0 Å². The highest BCUT2D eigenvalue weighted by Gasteiger charge is 2.27. The molecule has 2 rings (SSSR count). The standard InChI is InChI=1S/C15H25N3O3/c1-5-13-12(14(6-2)21-17-13)7-16-15(19)18-8-11(4)20-9-10(18)3/h10-11H,5-9H2,1-4H3,(H,16,19)/t10-,11+/m0/s1. The predicted molar refractivity (Wildman–Crippen MR) is 79.1 cm³/mol. The zero-order chi connectivity index (χ0) is 15.4. The summed E-state index contributed by atoms with van der Waals surface area (Å²) < 4.78 is 10.9. The van der Waals surface area contributed by atoms with Crippen LogP contribution < -0.4 is 5.32 Å². The van der Waals surface area contributed by atoms with E-state index >= 15 is 0 Å². The van der Waals surface area contributed by atoms with Crippen molar-refractivity contribution in [2.24, 2.45) is 0 Å². The second-order valence-electron chi connectivity index (χ2n) is 5.54. The second kappa shape index (κ2) is 6.93. The second-order valence-corrected chi connectivity index (χ2v) is 5.54.